The summed E-state index contributed by atoms with van der Waals surface area (Å²) >= 11 is 0. The van der Waals surface area contributed by atoms with Crippen LogP contribution in [0.15, 0.2) is 4.99 Å². The van der Waals surface area contributed by atoms with Gasteiger partial charge in [0.2, 0.25) is 5.91 Å². The van der Waals surface area contributed by atoms with Crippen LogP contribution in [0.1, 0.15) is 19.8 Å². The fraction of sp³-hybridized carbons (Fsp3) is 0.833. The van der Waals surface area contributed by atoms with E-state index in [-0.39, 0.29) is 11.9 Å². The van der Waals surface area contributed by atoms with Gasteiger partial charge in [-0.05, 0) is 6.42 Å². The van der Waals surface area contributed by atoms with E-state index in [1.165, 1.54) is 0 Å². The Morgan fingerprint density at radius 2 is 2.33 bits per heavy atom. The van der Waals surface area contributed by atoms with Gasteiger partial charge in [0.05, 0.1) is 6.61 Å². The predicted molar refractivity (Wildman–Crippen MR) is 71.6 cm³/mol. The quantitative estimate of drug-likeness (QED) is 0.406. The van der Waals surface area contributed by atoms with E-state index < -0.39 is 0 Å². The molecule has 6 heteroatoms. The summed E-state index contributed by atoms with van der Waals surface area (Å²) in [6.07, 6.45) is 1.55. The Bertz CT molecular complexity index is 294. The van der Waals surface area contributed by atoms with Gasteiger partial charge in [-0.15, -0.1) is 0 Å². The van der Waals surface area contributed by atoms with Gasteiger partial charge in [-0.25, -0.2) is 0 Å². The second-order valence-corrected chi connectivity index (χ2v) is 4.32. The first-order valence-corrected chi connectivity index (χ1v) is 6.45. The number of guanidine groups is 1. The van der Waals surface area contributed by atoms with Gasteiger partial charge in [0, 0.05) is 46.3 Å². The zero-order valence-electron chi connectivity index (χ0n) is 11.5. The lowest BCUT2D eigenvalue weighted by Crippen LogP contribution is -2.45. The van der Waals surface area contributed by atoms with Gasteiger partial charge in [-0.2, -0.15) is 0 Å². The molecule has 0 spiro atoms. The van der Waals surface area contributed by atoms with E-state index >= 15 is 0 Å². The third kappa shape index (κ3) is 4.52. The highest BCUT2D eigenvalue weighted by molar-refractivity contribution is 5.80. The molecule has 0 radical (unpaired) electrons. The van der Waals surface area contributed by atoms with E-state index in [1.807, 2.05) is 11.8 Å². The molecule has 1 fully saturated rings. The molecule has 1 unspecified atom stereocenters. The first kappa shape index (κ1) is 14.8. The standard InChI is InChI=1S/C12H24N4O2/c1-4-11(17)16-7-5-10(9-16)15-12(13-2)14-6-8-18-3/h10H,4-9H2,1-3H3,(H2,13,14,15). The summed E-state index contributed by atoms with van der Waals surface area (Å²) in [5, 5.41) is 6.49. The first-order chi connectivity index (χ1) is 8.71. The summed E-state index contributed by atoms with van der Waals surface area (Å²) in [6.45, 7) is 4.86. The van der Waals surface area contributed by atoms with Crippen LogP contribution < -0.4 is 10.6 Å². The molecule has 0 aromatic rings. The molecule has 1 amide bonds. The molecular weight excluding hydrogens is 232 g/mol. The van der Waals surface area contributed by atoms with E-state index in [2.05, 4.69) is 15.6 Å². The lowest BCUT2D eigenvalue weighted by atomic mass is 10.3. The van der Waals surface area contributed by atoms with Crippen LogP contribution in [-0.4, -0.2) is 63.2 Å². The molecule has 1 atom stereocenters. The van der Waals surface area contributed by atoms with Crippen LogP contribution in [0.5, 0.6) is 0 Å². The van der Waals surface area contributed by atoms with Crippen molar-refractivity contribution in [2.75, 3.05) is 40.4 Å². The van der Waals surface area contributed by atoms with Crippen LogP contribution in [0.25, 0.3) is 0 Å². The summed E-state index contributed by atoms with van der Waals surface area (Å²) in [5.74, 6) is 0.990. The second kappa shape index (κ2) is 7.92. The largest absolute Gasteiger partial charge is 0.383 e. The maximum atomic E-state index is 11.6. The zero-order chi connectivity index (χ0) is 13.4. The Morgan fingerprint density at radius 1 is 1.56 bits per heavy atom. The lowest BCUT2D eigenvalue weighted by Gasteiger charge is -2.18. The fourth-order valence-electron chi connectivity index (χ4n) is 1.99. The number of methoxy groups -OCH3 is 1. The number of nitrogens with zero attached hydrogens (tertiary/aromatic N) is 2. The number of hydrogen-bond acceptors (Lipinski definition) is 3. The van der Waals surface area contributed by atoms with Crippen LogP contribution in [0.3, 0.4) is 0 Å². The molecule has 1 saturated heterocycles. The van der Waals surface area contributed by atoms with Crippen LogP contribution >= 0.6 is 0 Å². The van der Waals surface area contributed by atoms with Crippen LogP contribution in [0, 0.1) is 0 Å². The second-order valence-electron chi connectivity index (χ2n) is 4.32. The summed E-state index contributed by atoms with van der Waals surface area (Å²) < 4.78 is 4.97. The molecular formula is C12H24N4O2. The number of likely N-dealkylation sites (tertiary alicyclic amines) is 1. The van der Waals surface area contributed by atoms with Crippen molar-refractivity contribution in [2.45, 2.75) is 25.8 Å². The summed E-state index contributed by atoms with van der Waals surface area (Å²) in [6, 6.07) is 0.286. The van der Waals surface area contributed by atoms with E-state index in [0.717, 1.165) is 32.0 Å². The Hall–Kier alpha value is -1.30. The Labute approximate surface area is 109 Å². The highest BCUT2D eigenvalue weighted by Gasteiger charge is 2.25. The summed E-state index contributed by atoms with van der Waals surface area (Å²) in [7, 11) is 3.41. The van der Waals surface area contributed by atoms with Crippen LogP contribution in [-0.2, 0) is 9.53 Å². The van der Waals surface area contributed by atoms with E-state index in [1.54, 1.807) is 14.2 Å². The molecule has 104 valence electrons. The molecule has 0 saturated carbocycles. The van der Waals surface area contributed by atoms with Crippen molar-refractivity contribution < 1.29 is 9.53 Å². The summed E-state index contributed by atoms with van der Waals surface area (Å²) in [5.41, 5.74) is 0. The number of nitrogens with one attached hydrogen (secondary N) is 2. The van der Waals surface area contributed by atoms with Crippen LogP contribution in [0.4, 0.5) is 0 Å². The van der Waals surface area contributed by atoms with Crippen molar-refractivity contribution in [1.82, 2.24) is 15.5 Å². The van der Waals surface area contributed by atoms with Gasteiger partial charge in [-0.3, -0.25) is 9.79 Å². The molecule has 1 aliphatic rings. The van der Waals surface area contributed by atoms with Gasteiger partial charge in [-0.1, -0.05) is 6.92 Å². The third-order valence-electron chi connectivity index (χ3n) is 3.01. The number of carbonyl (C=O) groups is 1. The smallest absolute Gasteiger partial charge is 0.222 e. The monoisotopic (exact) mass is 256 g/mol. The molecule has 2 N–H and O–H groups in total. The lowest BCUT2D eigenvalue weighted by molar-refractivity contribution is -0.129. The van der Waals surface area contributed by atoms with Crippen molar-refractivity contribution in [1.29, 1.82) is 0 Å². The Balaban J connectivity index is 2.32. The molecule has 0 bridgehead atoms. The maximum absolute atomic E-state index is 11.6. The molecule has 0 aliphatic carbocycles. The van der Waals surface area contributed by atoms with E-state index in [4.69, 9.17) is 4.74 Å². The number of ether oxygens (including phenoxy) is 1. The van der Waals surface area contributed by atoms with Gasteiger partial charge < -0.3 is 20.3 Å². The van der Waals surface area contributed by atoms with E-state index in [0.29, 0.717) is 13.0 Å². The third-order valence-corrected chi connectivity index (χ3v) is 3.01. The number of hydrogen-bond donors (Lipinski definition) is 2. The number of rotatable bonds is 5. The van der Waals surface area contributed by atoms with Crippen LogP contribution in [0.2, 0.25) is 0 Å². The number of amides is 1. The topological polar surface area (TPSA) is 66.0 Å². The molecule has 1 rings (SSSR count). The molecule has 6 nitrogen and oxygen atoms in total. The molecule has 1 heterocycles. The predicted octanol–water partition coefficient (Wildman–Crippen LogP) is -0.191. The minimum Gasteiger partial charge on any atom is -0.383 e. The van der Waals surface area contributed by atoms with Gasteiger partial charge in [0.15, 0.2) is 5.96 Å². The maximum Gasteiger partial charge on any atom is 0.222 e. The van der Waals surface area contributed by atoms with E-state index in [9.17, 15) is 4.79 Å². The van der Waals surface area contributed by atoms with Gasteiger partial charge in [0.1, 0.15) is 0 Å². The van der Waals surface area contributed by atoms with Gasteiger partial charge >= 0.3 is 0 Å². The number of aliphatic imine (C=N–C) groups is 1. The van der Waals surface area contributed by atoms with Crippen molar-refractivity contribution in [3.8, 4) is 0 Å². The average Bonchev–Trinajstić information content (AvgIpc) is 2.85. The van der Waals surface area contributed by atoms with Crippen molar-refractivity contribution in [3.05, 3.63) is 0 Å². The molecule has 18 heavy (non-hydrogen) atoms. The first-order valence-electron chi connectivity index (χ1n) is 6.45. The minimum absolute atomic E-state index is 0.224. The minimum atomic E-state index is 0.224. The van der Waals surface area contributed by atoms with Gasteiger partial charge in [0.25, 0.3) is 0 Å². The van der Waals surface area contributed by atoms with Crippen molar-refractivity contribution >= 4 is 11.9 Å². The highest BCUT2D eigenvalue weighted by atomic mass is 16.5. The molecule has 0 aromatic carbocycles. The normalized spacial score (nSPS) is 20.1. The van der Waals surface area contributed by atoms with Crippen molar-refractivity contribution in [3.63, 3.8) is 0 Å². The average molecular weight is 256 g/mol. The SMILES string of the molecule is CCC(=O)N1CCC(NC(=NC)NCCOC)C1. The molecule has 0 aromatic heterocycles. The summed E-state index contributed by atoms with van der Waals surface area (Å²) in [4.78, 5) is 17.6. The number of carbonyl (C=O) groups excluding carboxylic acids is 1. The Morgan fingerprint density at radius 3 is 2.94 bits per heavy atom. The zero-order valence-corrected chi connectivity index (χ0v) is 11.5. The molecule has 1 aliphatic heterocycles. The van der Waals surface area contributed by atoms with Crippen molar-refractivity contribution in [2.24, 2.45) is 4.99 Å². The fourth-order valence-corrected chi connectivity index (χ4v) is 1.99. The highest BCUT2D eigenvalue weighted by Crippen LogP contribution is 2.10. The Kier molecular flexibility index (Phi) is 6.49.